The van der Waals surface area contributed by atoms with E-state index in [1.165, 1.54) is 12.4 Å². The molecule has 2 aromatic rings. The Labute approximate surface area is 141 Å². The van der Waals surface area contributed by atoms with E-state index in [-0.39, 0.29) is 11.9 Å². The van der Waals surface area contributed by atoms with Crippen molar-refractivity contribution in [1.82, 2.24) is 35.4 Å². The number of carbonyl (C=O) groups is 1. The summed E-state index contributed by atoms with van der Waals surface area (Å²) >= 11 is 0. The number of hydrogen-bond acceptors (Lipinski definition) is 6. The van der Waals surface area contributed by atoms with Gasteiger partial charge >= 0.3 is 0 Å². The van der Waals surface area contributed by atoms with Crippen LogP contribution in [0.1, 0.15) is 48.4 Å². The monoisotopic (exact) mass is 329 g/mol. The van der Waals surface area contributed by atoms with Crippen LogP contribution >= 0.6 is 0 Å². The Morgan fingerprint density at radius 2 is 2.21 bits per heavy atom. The third-order valence-corrected chi connectivity index (χ3v) is 4.01. The number of carbonyl (C=O) groups excluding carboxylic acids is 1. The van der Waals surface area contributed by atoms with Crippen molar-refractivity contribution >= 4 is 5.91 Å². The number of hydrogen-bond donors (Lipinski definition) is 2. The molecule has 0 spiro atoms. The summed E-state index contributed by atoms with van der Waals surface area (Å²) in [6.45, 7) is 6.85. The summed E-state index contributed by atoms with van der Waals surface area (Å²) in [6.07, 6.45) is 6.17. The maximum absolute atomic E-state index is 12.5. The van der Waals surface area contributed by atoms with Crippen LogP contribution in [0.25, 0.3) is 0 Å². The Balaban J connectivity index is 1.84. The minimum atomic E-state index is -0.238. The van der Waals surface area contributed by atoms with Crippen molar-refractivity contribution in [2.45, 2.75) is 39.3 Å². The van der Waals surface area contributed by atoms with Gasteiger partial charge in [-0.2, -0.15) is 0 Å². The molecule has 1 amide bonds. The Hall–Kier alpha value is -2.35. The summed E-state index contributed by atoms with van der Waals surface area (Å²) in [5.41, 5.74) is 0.309. The number of fused-ring (bicyclic) bond motifs is 1. The van der Waals surface area contributed by atoms with Crippen LogP contribution in [0.4, 0.5) is 0 Å². The predicted octanol–water partition coefficient (Wildman–Crippen LogP) is 0.731. The second-order valence-corrected chi connectivity index (χ2v) is 6.37. The van der Waals surface area contributed by atoms with E-state index in [2.05, 4.69) is 49.2 Å². The number of nitrogens with zero attached hydrogens (tertiary/aromatic N) is 5. The summed E-state index contributed by atoms with van der Waals surface area (Å²) in [4.78, 5) is 20.5. The van der Waals surface area contributed by atoms with Gasteiger partial charge in [0.05, 0.1) is 12.2 Å². The average Bonchev–Trinajstić information content (AvgIpc) is 2.83. The fourth-order valence-corrected chi connectivity index (χ4v) is 2.90. The molecule has 8 nitrogen and oxygen atoms in total. The second kappa shape index (κ2) is 7.48. The lowest BCUT2D eigenvalue weighted by Crippen LogP contribution is -2.32. The molecule has 0 unspecified atom stereocenters. The molecule has 3 rings (SSSR count). The molecule has 1 aliphatic rings. The van der Waals surface area contributed by atoms with Gasteiger partial charge in [-0.05, 0) is 12.3 Å². The Kier molecular flexibility index (Phi) is 5.14. The highest BCUT2D eigenvalue weighted by Crippen LogP contribution is 2.22. The minimum absolute atomic E-state index is 0.196. The molecule has 1 atom stereocenters. The van der Waals surface area contributed by atoms with Crippen molar-refractivity contribution in [3.05, 3.63) is 35.9 Å². The van der Waals surface area contributed by atoms with Crippen LogP contribution in [0.15, 0.2) is 18.6 Å². The van der Waals surface area contributed by atoms with Crippen molar-refractivity contribution < 1.29 is 4.79 Å². The fraction of sp³-hybridized carbons (Fsp3) is 0.562. The lowest BCUT2D eigenvalue weighted by molar-refractivity contribution is 0.0923. The van der Waals surface area contributed by atoms with Gasteiger partial charge in [0.1, 0.15) is 11.5 Å². The average molecular weight is 329 g/mol. The predicted molar refractivity (Wildman–Crippen MR) is 88.3 cm³/mol. The van der Waals surface area contributed by atoms with Gasteiger partial charge in [0.15, 0.2) is 5.82 Å². The van der Waals surface area contributed by atoms with Gasteiger partial charge in [0.25, 0.3) is 5.91 Å². The van der Waals surface area contributed by atoms with Crippen LogP contribution in [0, 0.1) is 5.92 Å². The molecule has 3 heterocycles. The molecule has 0 fully saturated rings. The molecule has 0 bridgehead atoms. The molecule has 8 heteroatoms. The highest BCUT2D eigenvalue weighted by atomic mass is 16.2. The van der Waals surface area contributed by atoms with E-state index >= 15 is 0 Å². The Morgan fingerprint density at radius 3 is 2.96 bits per heavy atom. The molecule has 0 aromatic carbocycles. The molecule has 128 valence electrons. The lowest BCUT2D eigenvalue weighted by atomic mass is 10.0. The molecule has 2 aromatic heterocycles. The van der Waals surface area contributed by atoms with Crippen LogP contribution in [0.5, 0.6) is 0 Å². The van der Waals surface area contributed by atoms with Crippen LogP contribution < -0.4 is 10.6 Å². The van der Waals surface area contributed by atoms with Gasteiger partial charge in [-0.3, -0.25) is 9.78 Å². The van der Waals surface area contributed by atoms with Crippen molar-refractivity contribution in [3.8, 4) is 0 Å². The number of aromatic nitrogens is 5. The summed E-state index contributed by atoms with van der Waals surface area (Å²) in [6, 6.07) is -0.196. The molecule has 1 aliphatic heterocycles. The van der Waals surface area contributed by atoms with E-state index in [0.29, 0.717) is 11.6 Å². The van der Waals surface area contributed by atoms with Crippen molar-refractivity contribution in [2.24, 2.45) is 5.92 Å². The normalized spacial score (nSPS) is 15.6. The number of nitrogens with one attached hydrogen (secondary N) is 2. The molecule has 24 heavy (non-hydrogen) atoms. The van der Waals surface area contributed by atoms with Crippen LogP contribution in [0.2, 0.25) is 0 Å². The van der Waals surface area contributed by atoms with E-state index in [1.807, 2.05) is 0 Å². The lowest BCUT2D eigenvalue weighted by Gasteiger charge is -2.20. The third kappa shape index (κ3) is 3.76. The Morgan fingerprint density at radius 1 is 1.33 bits per heavy atom. The zero-order valence-electron chi connectivity index (χ0n) is 14.1. The largest absolute Gasteiger partial charge is 0.341 e. The maximum Gasteiger partial charge on any atom is 0.272 e. The topological polar surface area (TPSA) is 97.6 Å². The zero-order chi connectivity index (χ0) is 16.9. The van der Waals surface area contributed by atoms with E-state index in [4.69, 9.17) is 0 Å². The zero-order valence-corrected chi connectivity index (χ0v) is 14.1. The van der Waals surface area contributed by atoms with Crippen molar-refractivity contribution in [3.63, 3.8) is 0 Å². The molecule has 0 aliphatic carbocycles. The van der Waals surface area contributed by atoms with Crippen LogP contribution in [0.3, 0.4) is 0 Å². The van der Waals surface area contributed by atoms with E-state index in [1.54, 1.807) is 6.20 Å². The fourth-order valence-electron chi connectivity index (χ4n) is 2.90. The summed E-state index contributed by atoms with van der Waals surface area (Å²) in [5.74, 6) is 1.96. The first-order chi connectivity index (χ1) is 11.6. The summed E-state index contributed by atoms with van der Waals surface area (Å²) < 4.78 is 2.13. The van der Waals surface area contributed by atoms with E-state index in [0.717, 1.165) is 44.1 Å². The van der Waals surface area contributed by atoms with Gasteiger partial charge in [0.2, 0.25) is 0 Å². The smallest absolute Gasteiger partial charge is 0.272 e. The second-order valence-electron chi connectivity index (χ2n) is 6.37. The van der Waals surface area contributed by atoms with Gasteiger partial charge < -0.3 is 15.2 Å². The number of amides is 1. The standard InChI is InChI=1S/C16H23N7O/c1-11(2)9-12(20-16(24)13-10-18-5-6-19-13)15-22-21-14-3-4-17-7-8-23(14)15/h5-6,10-12,17H,3-4,7-9H2,1-2H3,(H,20,24)/t12-/m0/s1. The first kappa shape index (κ1) is 16.5. The first-order valence-electron chi connectivity index (χ1n) is 8.34. The molecule has 0 radical (unpaired) electrons. The van der Waals surface area contributed by atoms with Gasteiger partial charge in [-0.1, -0.05) is 13.8 Å². The van der Waals surface area contributed by atoms with Gasteiger partial charge in [0, 0.05) is 38.4 Å². The molecule has 0 saturated heterocycles. The summed E-state index contributed by atoms with van der Waals surface area (Å²) in [5, 5.41) is 15.1. The highest BCUT2D eigenvalue weighted by molar-refractivity contribution is 5.92. The van der Waals surface area contributed by atoms with Crippen LogP contribution in [-0.4, -0.2) is 43.7 Å². The van der Waals surface area contributed by atoms with Crippen molar-refractivity contribution in [2.75, 3.05) is 13.1 Å². The van der Waals surface area contributed by atoms with E-state index < -0.39 is 0 Å². The SMILES string of the molecule is CC(C)C[C@H](NC(=O)c1cnccn1)c1nnc2n1CCNCC2. The number of rotatable bonds is 5. The van der Waals surface area contributed by atoms with Crippen LogP contribution in [-0.2, 0) is 13.0 Å². The highest BCUT2D eigenvalue weighted by Gasteiger charge is 2.25. The van der Waals surface area contributed by atoms with Gasteiger partial charge in [-0.15, -0.1) is 10.2 Å². The quantitative estimate of drug-likeness (QED) is 0.839. The molecular weight excluding hydrogens is 306 g/mol. The maximum atomic E-state index is 12.5. The van der Waals surface area contributed by atoms with Crippen molar-refractivity contribution in [1.29, 1.82) is 0 Å². The van der Waals surface area contributed by atoms with E-state index in [9.17, 15) is 4.79 Å². The first-order valence-corrected chi connectivity index (χ1v) is 8.34. The third-order valence-electron chi connectivity index (χ3n) is 4.01. The minimum Gasteiger partial charge on any atom is -0.341 e. The molecule has 0 saturated carbocycles. The Bertz CT molecular complexity index is 683. The van der Waals surface area contributed by atoms with Gasteiger partial charge in [-0.25, -0.2) is 4.98 Å². The molecular formula is C16H23N7O. The molecule has 2 N–H and O–H groups in total. The summed E-state index contributed by atoms with van der Waals surface area (Å²) in [7, 11) is 0.